The molecule has 1 N–H and O–H groups in total. The first-order chi connectivity index (χ1) is 14.7. The maximum absolute atomic E-state index is 9.66. The molecule has 0 aliphatic carbocycles. The van der Waals surface area contributed by atoms with Crippen molar-refractivity contribution in [3.63, 3.8) is 0 Å². The van der Waals surface area contributed by atoms with Crippen molar-refractivity contribution in [1.29, 1.82) is 5.26 Å². The van der Waals surface area contributed by atoms with E-state index in [2.05, 4.69) is 26.2 Å². The van der Waals surface area contributed by atoms with Crippen molar-refractivity contribution in [2.45, 2.75) is 17.1 Å². The average Bonchev–Trinajstić information content (AvgIpc) is 3.32. The van der Waals surface area contributed by atoms with Crippen molar-refractivity contribution in [2.75, 3.05) is 0 Å². The van der Waals surface area contributed by atoms with Crippen LogP contribution in [-0.2, 0) is 0 Å². The van der Waals surface area contributed by atoms with Gasteiger partial charge in [-0.2, -0.15) is 5.26 Å². The standard InChI is InChI=1S/C22H13N7S/c1-12-10-18(29-17-9-5-4-8-16(17)25-21(29)14(12)11-23)30-22-26-20-19(27-28-22)13-6-2-3-7-15(13)24-20/h2-10H,1H3,(H,24,26,28). The molecule has 6 aromatic rings. The van der Waals surface area contributed by atoms with E-state index in [-0.39, 0.29) is 0 Å². The topological polar surface area (TPSA) is 95.6 Å². The summed E-state index contributed by atoms with van der Waals surface area (Å²) in [6.45, 7) is 1.92. The van der Waals surface area contributed by atoms with Crippen molar-refractivity contribution < 1.29 is 0 Å². The summed E-state index contributed by atoms with van der Waals surface area (Å²) < 4.78 is 1.99. The molecule has 0 saturated heterocycles. The fraction of sp³-hybridized carbons (Fsp3) is 0.0455. The van der Waals surface area contributed by atoms with Gasteiger partial charge in [0.15, 0.2) is 11.3 Å². The van der Waals surface area contributed by atoms with E-state index in [0.717, 1.165) is 38.0 Å². The molecule has 0 aliphatic heterocycles. The molecule has 30 heavy (non-hydrogen) atoms. The van der Waals surface area contributed by atoms with Crippen molar-refractivity contribution in [3.05, 3.63) is 65.7 Å². The number of imidazole rings is 1. The fourth-order valence-corrected chi connectivity index (χ4v) is 4.69. The van der Waals surface area contributed by atoms with Gasteiger partial charge in [-0.25, -0.2) is 9.97 Å². The van der Waals surface area contributed by atoms with Crippen LogP contribution in [0.4, 0.5) is 0 Å². The summed E-state index contributed by atoms with van der Waals surface area (Å²) in [6, 6.07) is 20.1. The molecule has 4 heterocycles. The van der Waals surface area contributed by atoms with Crippen LogP contribution in [0.1, 0.15) is 11.1 Å². The van der Waals surface area contributed by atoms with Gasteiger partial charge in [0.25, 0.3) is 0 Å². The Morgan fingerprint density at radius 1 is 1.03 bits per heavy atom. The SMILES string of the molecule is Cc1cc(Sc2nnc3c(n2)[nH]c2ccccc23)n2c(nc3ccccc32)c1C#N. The van der Waals surface area contributed by atoms with E-state index in [1.54, 1.807) is 0 Å². The third kappa shape index (κ3) is 2.39. The van der Waals surface area contributed by atoms with Gasteiger partial charge in [-0.1, -0.05) is 30.3 Å². The second-order valence-electron chi connectivity index (χ2n) is 6.98. The number of aryl methyl sites for hydroxylation is 1. The zero-order chi connectivity index (χ0) is 20.2. The molecule has 0 fully saturated rings. The number of benzene rings is 2. The maximum atomic E-state index is 9.66. The molecule has 0 bridgehead atoms. The number of nitrogens with one attached hydrogen (secondary N) is 1. The zero-order valence-electron chi connectivity index (χ0n) is 15.8. The van der Waals surface area contributed by atoms with Gasteiger partial charge in [0, 0.05) is 10.9 Å². The highest BCUT2D eigenvalue weighted by Crippen LogP contribution is 2.32. The van der Waals surface area contributed by atoms with E-state index in [1.165, 1.54) is 11.8 Å². The molecule has 0 unspecified atom stereocenters. The molecule has 8 heteroatoms. The Labute approximate surface area is 174 Å². The normalized spacial score (nSPS) is 11.6. The zero-order valence-corrected chi connectivity index (χ0v) is 16.6. The molecule has 0 saturated carbocycles. The van der Waals surface area contributed by atoms with Crippen LogP contribution in [0.2, 0.25) is 0 Å². The van der Waals surface area contributed by atoms with Crippen molar-refractivity contribution in [3.8, 4) is 6.07 Å². The number of hydrogen-bond donors (Lipinski definition) is 1. The Balaban J connectivity index is 1.56. The van der Waals surface area contributed by atoms with Gasteiger partial charge in [-0.3, -0.25) is 4.40 Å². The van der Waals surface area contributed by atoms with Crippen LogP contribution in [0.25, 0.3) is 38.7 Å². The van der Waals surface area contributed by atoms with Gasteiger partial charge in [-0.05, 0) is 48.5 Å². The van der Waals surface area contributed by atoms with Gasteiger partial charge in [0.1, 0.15) is 11.6 Å². The van der Waals surface area contributed by atoms with Crippen LogP contribution in [0.15, 0.2) is 64.8 Å². The molecular weight excluding hydrogens is 394 g/mol. The third-order valence-electron chi connectivity index (χ3n) is 5.15. The highest BCUT2D eigenvalue weighted by atomic mass is 32.2. The van der Waals surface area contributed by atoms with Gasteiger partial charge in [-0.15, -0.1) is 10.2 Å². The number of fused-ring (bicyclic) bond motifs is 6. The van der Waals surface area contributed by atoms with Crippen molar-refractivity contribution in [1.82, 2.24) is 29.5 Å². The molecule has 0 amide bonds. The van der Waals surface area contributed by atoms with Crippen molar-refractivity contribution >= 4 is 50.5 Å². The highest BCUT2D eigenvalue weighted by Gasteiger charge is 2.17. The van der Waals surface area contributed by atoms with Crippen LogP contribution >= 0.6 is 11.8 Å². The predicted molar refractivity (Wildman–Crippen MR) is 115 cm³/mol. The molecule has 0 atom stereocenters. The van der Waals surface area contributed by atoms with Gasteiger partial charge >= 0.3 is 0 Å². The predicted octanol–water partition coefficient (Wildman–Crippen LogP) is 4.64. The number of aromatic amines is 1. The number of pyridine rings is 1. The minimum absolute atomic E-state index is 0.525. The highest BCUT2D eigenvalue weighted by molar-refractivity contribution is 7.99. The second-order valence-corrected chi connectivity index (χ2v) is 7.96. The summed E-state index contributed by atoms with van der Waals surface area (Å²) in [5.74, 6) is 0. The number of hydrogen-bond acceptors (Lipinski definition) is 6. The second kappa shape index (κ2) is 6.27. The number of H-pyrrole nitrogens is 1. The Morgan fingerprint density at radius 3 is 2.77 bits per heavy atom. The lowest BCUT2D eigenvalue weighted by Gasteiger charge is -2.08. The molecule has 0 spiro atoms. The monoisotopic (exact) mass is 407 g/mol. The molecule has 0 aliphatic rings. The van der Waals surface area contributed by atoms with Gasteiger partial charge in [0.05, 0.1) is 21.6 Å². The molecule has 142 valence electrons. The Hall–Kier alpha value is -3.96. The number of nitriles is 1. The molecular formula is C22H13N7S. The van der Waals surface area contributed by atoms with E-state index in [1.807, 2.05) is 65.9 Å². The summed E-state index contributed by atoms with van der Waals surface area (Å²) in [4.78, 5) is 12.7. The summed E-state index contributed by atoms with van der Waals surface area (Å²) in [7, 11) is 0. The molecule has 6 rings (SSSR count). The van der Waals surface area contributed by atoms with E-state index >= 15 is 0 Å². The molecule has 7 nitrogen and oxygen atoms in total. The first-order valence-electron chi connectivity index (χ1n) is 9.33. The van der Waals surface area contributed by atoms with E-state index in [9.17, 15) is 5.26 Å². The lowest BCUT2D eigenvalue weighted by molar-refractivity contribution is 0.873. The minimum Gasteiger partial charge on any atom is -0.338 e. The molecule has 0 radical (unpaired) electrons. The quantitative estimate of drug-likeness (QED) is 0.449. The van der Waals surface area contributed by atoms with E-state index in [4.69, 9.17) is 4.98 Å². The smallest absolute Gasteiger partial charge is 0.217 e. The summed E-state index contributed by atoms with van der Waals surface area (Å²) in [6.07, 6.45) is 0. The number of rotatable bonds is 2. The Kier molecular flexibility index (Phi) is 3.54. The summed E-state index contributed by atoms with van der Waals surface area (Å²) in [5, 5.41) is 20.8. The number of para-hydroxylation sites is 3. The Morgan fingerprint density at radius 2 is 1.87 bits per heavy atom. The van der Waals surface area contributed by atoms with Crippen molar-refractivity contribution in [2.24, 2.45) is 0 Å². The van der Waals surface area contributed by atoms with Crippen LogP contribution in [0, 0.1) is 18.3 Å². The summed E-state index contributed by atoms with van der Waals surface area (Å²) in [5.41, 5.74) is 6.28. The van der Waals surface area contributed by atoms with E-state index in [0.29, 0.717) is 22.0 Å². The van der Waals surface area contributed by atoms with Crippen LogP contribution in [-0.4, -0.2) is 29.5 Å². The van der Waals surface area contributed by atoms with Crippen LogP contribution in [0.3, 0.4) is 0 Å². The minimum atomic E-state index is 0.525. The third-order valence-corrected chi connectivity index (χ3v) is 6.01. The van der Waals surface area contributed by atoms with Crippen LogP contribution in [0.5, 0.6) is 0 Å². The first-order valence-corrected chi connectivity index (χ1v) is 10.1. The number of nitrogens with zero attached hydrogens (tertiary/aromatic N) is 6. The average molecular weight is 407 g/mol. The Bertz CT molecular complexity index is 1660. The van der Waals surface area contributed by atoms with Gasteiger partial charge in [0.2, 0.25) is 5.16 Å². The van der Waals surface area contributed by atoms with Crippen LogP contribution < -0.4 is 0 Å². The lowest BCUT2D eigenvalue weighted by Crippen LogP contribution is -1.98. The summed E-state index contributed by atoms with van der Waals surface area (Å²) >= 11 is 1.40. The number of aromatic nitrogens is 6. The largest absolute Gasteiger partial charge is 0.338 e. The van der Waals surface area contributed by atoms with Gasteiger partial charge < -0.3 is 4.98 Å². The maximum Gasteiger partial charge on any atom is 0.217 e. The molecule has 4 aromatic heterocycles. The van der Waals surface area contributed by atoms with E-state index < -0.39 is 0 Å². The fourth-order valence-electron chi connectivity index (χ4n) is 3.77. The lowest BCUT2D eigenvalue weighted by atomic mass is 10.2. The first kappa shape index (κ1) is 16.9. The molecule has 2 aromatic carbocycles.